The van der Waals surface area contributed by atoms with E-state index in [0.29, 0.717) is 0 Å². The lowest BCUT2D eigenvalue weighted by atomic mass is 10.3. The van der Waals surface area contributed by atoms with Gasteiger partial charge in [0, 0.05) is 30.7 Å². The summed E-state index contributed by atoms with van der Waals surface area (Å²) in [5.74, 6) is 0. The zero-order chi connectivity index (χ0) is 16.6. The smallest absolute Gasteiger partial charge is 0.136 e. The van der Waals surface area contributed by atoms with E-state index in [1.807, 2.05) is 10.1 Å². The molecule has 0 spiro atoms. The zero-order valence-corrected chi connectivity index (χ0v) is 15.9. The Hall–Kier alpha value is -0.0600. The Morgan fingerprint density at radius 3 is 1.14 bits per heavy atom. The van der Waals surface area contributed by atoms with E-state index in [-0.39, 0.29) is 0 Å². The molecule has 0 fully saturated rings. The molecular weight excluding hydrogens is 299 g/mol. The number of nitrogens with zero attached hydrogens (tertiary/aromatic N) is 2. The first kappa shape index (κ1) is 21.9. The van der Waals surface area contributed by atoms with Gasteiger partial charge < -0.3 is 0 Å². The summed E-state index contributed by atoms with van der Waals surface area (Å²) >= 11 is 0. The van der Waals surface area contributed by atoms with Crippen molar-refractivity contribution < 1.29 is 13.8 Å². The topological polar surface area (TPSA) is 42.0 Å². The van der Waals surface area contributed by atoms with Gasteiger partial charge in [-0.15, -0.1) is 10.1 Å². The second-order valence-electron chi connectivity index (χ2n) is 5.66. The maximum absolute atomic E-state index is 12.1. The molecule has 0 N–H and O–H groups in total. The van der Waals surface area contributed by atoms with Gasteiger partial charge in [-0.1, -0.05) is 53.4 Å². The third-order valence-electron chi connectivity index (χ3n) is 3.41. The molecule has 0 heterocycles. The van der Waals surface area contributed by atoms with Gasteiger partial charge in [0.2, 0.25) is 0 Å². The highest BCUT2D eigenvalue weighted by Gasteiger charge is 2.30. The van der Waals surface area contributed by atoms with E-state index in [4.69, 9.17) is 9.25 Å². The molecule has 0 atom stereocenters. The predicted molar refractivity (Wildman–Crippen MR) is 92.6 cm³/mol. The van der Waals surface area contributed by atoms with Gasteiger partial charge in [-0.25, -0.2) is 0 Å². The number of hydrogen-bond donors (Lipinski definition) is 0. The van der Waals surface area contributed by atoms with Crippen LogP contribution in [0.4, 0.5) is 0 Å². The van der Waals surface area contributed by atoms with Crippen molar-refractivity contribution >= 4 is 8.25 Å². The maximum atomic E-state index is 12.1. The summed E-state index contributed by atoms with van der Waals surface area (Å²) in [5, 5.41) is 3.62. The first-order chi connectivity index (χ1) is 10.7. The molecule has 0 aromatic rings. The van der Waals surface area contributed by atoms with Crippen molar-refractivity contribution in [3.05, 3.63) is 0 Å². The monoisotopic (exact) mass is 335 g/mol. The maximum Gasteiger partial charge on any atom is 0.735 e. The Morgan fingerprint density at radius 2 is 0.909 bits per heavy atom. The summed E-state index contributed by atoms with van der Waals surface area (Å²) in [7, 11) is -2.12. The largest absolute Gasteiger partial charge is 0.735 e. The van der Waals surface area contributed by atoms with Crippen LogP contribution in [0.15, 0.2) is 0 Å². The highest BCUT2D eigenvalue weighted by atomic mass is 31.1. The van der Waals surface area contributed by atoms with Gasteiger partial charge in [-0.3, -0.25) is 0 Å². The quantitative estimate of drug-likeness (QED) is 0.282. The minimum Gasteiger partial charge on any atom is -0.136 e. The van der Waals surface area contributed by atoms with Crippen LogP contribution in [0.2, 0.25) is 0 Å². The van der Waals surface area contributed by atoms with Gasteiger partial charge in [-0.05, 0) is 34.9 Å². The molecule has 0 saturated carbocycles. The Morgan fingerprint density at radius 1 is 0.636 bits per heavy atom. The van der Waals surface area contributed by atoms with Crippen molar-refractivity contribution in [2.24, 2.45) is 0 Å². The molecule has 0 aliphatic carbocycles. The minimum absolute atomic E-state index is 0.810. The molecule has 0 aromatic heterocycles. The molecule has 5 nitrogen and oxygen atoms in total. The molecule has 0 radical (unpaired) electrons. The fourth-order valence-corrected chi connectivity index (χ4v) is 2.66. The van der Waals surface area contributed by atoms with Crippen molar-refractivity contribution in [2.75, 3.05) is 26.2 Å². The fourth-order valence-electron chi connectivity index (χ4n) is 1.93. The van der Waals surface area contributed by atoms with Crippen LogP contribution in [0.1, 0.15) is 79.1 Å². The Labute approximate surface area is 138 Å². The van der Waals surface area contributed by atoms with Crippen molar-refractivity contribution in [1.82, 2.24) is 10.1 Å². The molecule has 0 aliphatic rings. The molecule has 6 heteroatoms. The minimum atomic E-state index is -2.12. The van der Waals surface area contributed by atoms with E-state index in [1.165, 1.54) is 0 Å². The molecule has 0 amide bonds. The summed E-state index contributed by atoms with van der Waals surface area (Å²) in [4.78, 5) is 0. The third kappa shape index (κ3) is 12.5. The van der Waals surface area contributed by atoms with Gasteiger partial charge in [0.25, 0.3) is 0 Å². The zero-order valence-electron chi connectivity index (χ0n) is 15.1. The lowest BCUT2D eigenvalue weighted by molar-refractivity contribution is -0.115. The SMILES string of the molecule is CCCCN(CCCC)O[P+](=O)ON(CCCC)CCCC. The number of hydroxylamine groups is 4. The molecule has 22 heavy (non-hydrogen) atoms. The lowest BCUT2D eigenvalue weighted by Gasteiger charge is -2.16. The van der Waals surface area contributed by atoms with Crippen LogP contribution in [0, 0.1) is 0 Å². The van der Waals surface area contributed by atoms with Crippen LogP contribution in [-0.2, 0) is 13.8 Å². The molecular formula is C16H36N2O3P+. The molecule has 0 aromatic carbocycles. The number of hydrogen-bond acceptors (Lipinski definition) is 5. The summed E-state index contributed by atoms with van der Waals surface area (Å²) in [5.41, 5.74) is 0. The predicted octanol–water partition coefficient (Wildman–Crippen LogP) is 5.31. The fraction of sp³-hybridized carbons (Fsp3) is 1.00. The van der Waals surface area contributed by atoms with E-state index in [2.05, 4.69) is 27.7 Å². The van der Waals surface area contributed by atoms with Gasteiger partial charge in [0.1, 0.15) is 0 Å². The molecule has 0 saturated heterocycles. The van der Waals surface area contributed by atoms with E-state index >= 15 is 0 Å². The second kappa shape index (κ2) is 15.8. The van der Waals surface area contributed by atoms with Crippen LogP contribution in [0.5, 0.6) is 0 Å². The summed E-state index contributed by atoms with van der Waals surface area (Å²) in [6, 6.07) is 0. The van der Waals surface area contributed by atoms with Crippen LogP contribution in [0.25, 0.3) is 0 Å². The van der Waals surface area contributed by atoms with Crippen molar-refractivity contribution in [2.45, 2.75) is 79.1 Å². The normalized spacial score (nSPS) is 11.5. The van der Waals surface area contributed by atoms with Crippen LogP contribution < -0.4 is 0 Å². The molecule has 0 aliphatic heterocycles. The first-order valence-corrected chi connectivity index (χ1v) is 10.1. The Kier molecular flexibility index (Phi) is 15.8. The van der Waals surface area contributed by atoms with Crippen molar-refractivity contribution in [1.29, 1.82) is 0 Å². The lowest BCUT2D eigenvalue weighted by Crippen LogP contribution is -2.27. The molecule has 0 rings (SSSR count). The van der Waals surface area contributed by atoms with E-state index < -0.39 is 8.25 Å². The molecule has 0 bridgehead atoms. The summed E-state index contributed by atoms with van der Waals surface area (Å²) in [6.45, 7) is 11.8. The average Bonchev–Trinajstić information content (AvgIpc) is 2.52. The number of unbranched alkanes of at least 4 members (excludes halogenated alkanes) is 4. The van der Waals surface area contributed by atoms with Gasteiger partial charge in [0.15, 0.2) is 0 Å². The average molecular weight is 335 g/mol. The second-order valence-corrected chi connectivity index (χ2v) is 6.43. The molecule has 132 valence electrons. The van der Waals surface area contributed by atoms with E-state index in [0.717, 1.165) is 77.5 Å². The first-order valence-electron chi connectivity index (χ1n) is 9.01. The summed E-state index contributed by atoms with van der Waals surface area (Å²) in [6.07, 6.45) is 8.58. The third-order valence-corrected chi connectivity index (χ3v) is 4.14. The van der Waals surface area contributed by atoms with Crippen LogP contribution >= 0.6 is 8.25 Å². The van der Waals surface area contributed by atoms with Crippen molar-refractivity contribution in [3.8, 4) is 0 Å². The highest BCUT2D eigenvalue weighted by Crippen LogP contribution is 2.28. The highest BCUT2D eigenvalue weighted by molar-refractivity contribution is 7.33. The number of rotatable bonds is 16. The van der Waals surface area contributed by atoms with Crippen LogP contribution in [0.3, 0.4) is 0 Å². The standard InChI is InChI=1S/C16H36N2O3P/c1-5-9-13-17(14-10-6-2)20-22(19)21-18(15-11-7-3)16-12-8-4/h5-16H2,1-4H3/q+1. The van der Waals surface area contributed by atoms with E-state index in [9.17, 15) is 4.57 Å². The van der Waals surface area contributed by atoms with Crippen LogP contribution in [-0.4, -0.2) is 36.3 Å². The summed E-state index contributed by atoms with van der Waals surface area (Å²) < 4.78 is 23.2. The van der Waals surface area contributed by atoms with E-state index in [1.54, 1.807) is 0 Å². The van der Waals surface area contributed by atoms with Gasteiger partial charge in [0.05, 0.1) is 0 Å². The van der Waals surface area contributed by atoms with Gasteiger partial charge in [-0.2, -0.15) is 0 Å². The van der Waals surface area contributed by atoms with Gasteiger partial charge >= 0.3 is 8.25 Å². The Bertz CT molecular complexity index is 228. The molecule has 0 unspecified atom stereocenters. The Balaban J connectivity index is 4.27. The van der Waals surface area contributed by atoms with Crippen molar-refractivity contribution in [3.63, 3.8) is 0 Å².